The maximum Gasteiger partial charge on any atom is 0.334 e. The number of imide groups is 2. The Bertz CT molecular complexity index is 533. The molecule has 0 unspecified atom stereocenters. The fourth-order valence-electron chi connectivity index (χ4n) is 5.85. The van der Waals surface area contributed by atoms with Crippen LogP contribution in [0.2, 0.25) is 0 Å². The Labute approximate surface area is 137 Å². The van der Waals surface area contributed by atoms with Crippen LogP contribution in [0.5, 0.6) is 0 Å². The molecule has 4 saturated carbocycles. The van der Waals surface area contributed by atoms with Gasteiger partial charge in [-0.25, -0.2) is 9.69 Å². The first-order valence-electron chi connectivity index (χ1n) is 9.09. The minimum absolute atomic E-state index is 0.345. The lowest BCUT2D eigenvalue weighted by Crippen LogP contribution is -2.62. The van der Waals surface area contributed by atoms with E-state index in [1.165, 1.54) is 29.1 Å². The van der Waals surface area contributed by atoms with Gasteiger partial charge in [0.15, 0.2) is 0 Å². The Balaban J connectivity index is 1.60. The number of hydrogen-bond donors (Lipinski definition) is 0. The van der Waals surface area contributed by atoms with Crippen molar-refractivity contribution in [3.8, 4) is 0 Å². The zero-order chi connectivity index (χ0) is 16.4. The van der Waals surface area contributed by atoms with E-state index in [0.717, 1.165) is 25.7 Å². The van der Waals surface area contributed by atoms with E-state index in [4.69, 9.17) is 0 Å². The third kappa shape index (κ3) is 2.23. The van der Waals surface area contributed by atoms with Crippen molar-refractivity contribution in [2.24, 2.45) is 23.7 Å². The Morgan fingerprint density at radius 3 is 1.96 bits per heavy atom. The summed E-state index contributed by atoms with van der Waals surface area (Å²) in [7, 11) is 0. The number of amides is 4. The summed E-state index contributed by atoms with van der Waals surface area (Å²) >= 11 is 0. The van der Waals surface area contributed by atoms with Crippen molar-refractivity contribution in [1.82, 2.24) is 9.80 Å². The number of hydrogen-bond acceptors (Lipinski definition) is 3. The van der Waals surface area contributed by atoms with Gasteiger partial charge in [-0.05, 0) is 68.6 Å². The first-order chi connectivity index (χ1) is 10.9. The molecule has 5 heteroatoms. The van der Waals surface area contributed by atoms with Crippen molar-refractivity contribution in [3.63, 3.8) is 0 Å². The molecule has 4 amide bonds. The summed E-state index contributed by atoms with van der Waals surface area (Å²) in [6.07, 6.45) is 7.26. The Kier molecular flexibility index (Phi) is 3.33. The highest BCUT2D eigenvalue weighted by Crippen LogP contribution is 2.58. The number of nitrogens with zero attached hydrogens (tertiary/aromatic N) is 2. The van der Waals surface area contributed by atoms with Gasteiger partial charge >= 0.3 is 17.8 Å². The zero-order valence-corrected chi connectivity index (χ0v) is 14.1. The number of urea groups is 1. The van der Waals surface area contributed by atoms with Crippen LogP contribution in [0.25, 0.3) is 0 Å². The summed E-state index contributed by atoms with van der Waals surface area (Å²) in [6.45, 7) is 4.48. The third-order valence-corrected chi connectivity index (χ3v) is 6.46. The summed E-state index contributed by atoms with van der Waals surface area (Å²) in [4.78, 5) is 40.4. The van der Waals surface area contributed by atoms with Crippen LogP contribution in [0.4, 0.5) is 4.79 Å². The SMILES string of the molecule is CC(C)CCN1C(=O)C(=O)N(C23CC4CC(CC(C4)C2)C3)C1=O. The predicted octanol–water partition coefficient (Wildman–Crippen LogP) is 2.79. The zero-order valence-electron chi connectivity index (χ0n) is 14.1. The van der Waals surface area contributed by atoms with E-state index in [2.05, 4.69) is 13.8 Å². The van der Waals surface area contributed by atoms with Gasteiger partial charge in [-0.1, -0.05) is 13.8 Å². The fraction of sp³-hybridized carbons (Fsp3) is 0.833. The first kappa shape index (κ1) is 15.2. The molecular weight excluding hydrogens is 292 g/mol. The maximum atomic E-state index is 12.9. The molecule has 0 aromatic rings. The molecule has 0 N–H and O–H groups in total. The molecule has 0 aromatic carbocycles. The van der Waals surface area contributed by atoms with Crippen LogP contribution in [0.15, 0.2) is 0 Å². The van der Waals surface area contributed by atoms with Gasteiger partial charge in [0, 0.05) is 6.54 Å². The molecule has 0 atom stereocenters. The molecule has 1 aliphatic heterocycles. The van der Waals surface area contributed by atoms with Gasteiger partial charge < -0.3 is 0 Å². The van der Waals surface area contributed by atoms with E-state index in [1.807, 2.05) is 0 Å². The van der Waals surface area contributed by atoms with Crippen molar-refractivity contribution in [2.45, 2.75) is 64.3 Å². The van der Waals surface area contributed by atoms with Crippen molar-refractivity contribution < 1.29 is 14.4 Å². The average molecular weight is 318 g/mol. The molecule has 23 heavy (non-hydrogen) atoms. The molecular formula is C18H26N2O3. The average Bonchev–Trinajstić information content (AvgIpc) is 2.66. The lowest BCUT2D eigenvalue weighted by Gasteiger charge is -2.58. The summed E-state index contributed by atoms with van der Waals surface area (Å²) < 4.78 is 0. The fourth-order valence-corrected chi connectivity index (χ4v) is 5.85. The highest BCUT2D eigenvalue weighted by Gasteiger charge is 2.60. The molecule has 4 aliphatic carbocycles. The summed E-state index contributed by atoms with van der Waals surface area (Å²) in [5.74, 6) is 1.15. The van der Waals surface area contributed by atoms with Gasteiger partial charge in [-0.15, -0.1) is 0 Å². The van der Waals surface area contributed by atoms with Crippen LogP contribution >= 0.6 is 0 Å². The lowest BCUT2D eigenvalue weighted by molar-refractivity contribution is -0.150. The molecule has 5 aliphatic rings. The molecule has 126 valence electrons. The largest absolute Gasteiger partial charge is 0.334 e. The van der Waals surface area contributed by atoms with E-state index in [1.54, 1.807) is 0 Å². The van der Waals surface area contributed by atoms with E-state index in [-0.39, 0.29) is 11.6 Å². The molecule has 4 bridgehead atoms. The minimum Gasteiger partial charge on any atom is -0.263 e. The smallest absolute Gasteiger partial charge is 0.263 e. The predicted molar refractivity (Wildman–Crippen MR) is 84.3 cm³/mol. The van der Waals surface area contributed by atoms with Crippen LogP contribution < -0.4 is 0 Å². The quantitative estimate of drug-likeness (QED) is 0.591. The van der Waals surface area contributed by atoms with Gasteiger partial charge in [0.05, 0.1) is 5.54 Å². The maximum absolute atomic E-state index is 12.9. The lowest BCUT2D eigenvalue weighted by atomic mass is 9.52. The van der Waals surface area contributed by atoms with Crippen molar-refractivity contribution in [2.75, 3.05) is 6.54 Å². The molecule has 5 rings (SSSR count). The van der Waals surface area contributed by atoms with Crippen LogP contribution in [-0.2, 0) is 9.59 Å². The van der Waals surface area contributed by atoms with Gasteiger partial charge in [0.1, 0.15) is 0 Å². The van der Waals surface area contributed by atoms with E-state index < -0.39 is 11.8 Å². The third-order valence-electron chi connectivity index (χ3n) is 6.46. The van der Waals surface area contributed by atoms with Gasteiger partial charge in [0.2, 0.25) is 0 Å². The van der Waals surface area contributed by atoms with Crippen LogP contribution in [0.1, 0.15) is 58.8 Å². The van der Waals surface area contributed by atoms with E-state index in [0.29, 0.717) is 30.2 Å². The highest BCUT2D eigenvalue weighted by atomic mass is 16.2. The molecule has 5 nitrogen and oxygen atoms in total. The van der Waals surface area contributed by atoms with Gasteiger partial charge in [0.25, 0.3) is 0 Å². The Hall–Kier alpha value is -1.39. The van der Waals surface area contributed by atoms with E-state index in [9.17, 15) is 14.4 Å². The van der Waals surface area contributed by atoms with Crippen molar-refractivity contribution in [3.05, 3.63) is 0 Å². The molecule has 0 spiro atoms. The van der Waals surface area contributed by atoms with Crippen molar-refractivity contribution >= 4 is 17.8 Å². The molecule has 0 aromatic heterocycles. The monoisotopic (exact) mass is 318 g/mol. The topological polar surface area (TPSA) is 57.7 Å². The number of carbonyl (C=O) groups is 3. The molecule has 5 fully saturated rings. The van der Waals surface area contributed by atoms with Crippen LogP contribution in [-0.4, -0.2) is 39.7 Å². The summed E-state index contributed by atoms with van der Waals surface area (Å²) in [5, 5.41) is 0. The second-order valence-corrected chi connectivity index (χ2v) is 8.70. The van der Waals surface area contributed by atoms with E-state index >= 15 is 0 Å². The van der Waals surface area contributed by atoms with Crippen molar-refractivity contribution in [1.29, 1.82) is 0 Å². The standard InChI is InChI=1S/C18H26N2O3/c1-11(2)3-4-19-15(21)16(22)20(17(19)23)18-8-12-5-13(9-18)7-14(6-12)10-18/h11-14H,3-10H2,1-2H3. The minimum atomic E-state index is -0.605. The van der Waals surface area contributed by atoms with Gasteiger partial charge in [-0.2, -0.15) is 0 Å². The molecule has 0 radical (unpaired) electrons. The summed E-state index contributed by atoms with van der Waals surface area (Å²) in [5.41, 5.74) is -0.356. The Morgan fingerprint density at radius 1 is 0.957 bits per heavy atom. The second kappa shape index (κ2) is 5.05. The number of rotatable bonds is 4. The normalized spacial score (nSPS) is 39.3. The molecule has 1 heterocycles. The second-order valence-electron chi connectivity index (χ2n) is 8.70. The summed E-state index contributed by atoms with van der Waals surface area (Å²) in [6, 6.07) is -0.345. The van der Waals surface area contributed by atoms with Crippen LogP contribution in [0, 0.1) is 23.7 Å². The highest BCUT2D eigenvalue weighted by molar-refractivity contribution is 6.44. The Morgan fingerprint density at radius 2 is 1.48 bits per heavy atom. The van der Waals surface area contributed by atoms with Crippen LogP contribution in [0.3, 0.4) is 0 Å². The van der Waals surface area contributed by atoms with Gasteiger partial charge in [-0.3, -0.25) is 14.5 Å². The first-order valence-corrected chi connectivity index (χ1v) is 9.09. The molecule has 1 saturated heterocycles. The number of carbonyl (C=O) groups excluding carboxylic acids is 3.